The molecule has 0 aliphatic carbocycles. The Labute approximate surface area is 115 Å². The number of anilines is 1. The molecule has 19 heavy (non-hydrogen) atoms. The number of phenolic OH excluding ortho intramolecular Hbond substituents is 1. The summed E-state index contributed by atoms with van der Waals surface area (Å²) in [5.41, 5.74) is 1.68. The molecule has 6 heteroatoms. The molecule has 2 N–H and O–H groups in total. The van der Waals surface area contributed by atoms with Crippen LogP contribution in [-0.2, 0) is 0 Å². The van der Waals surface area contributed by atoms with Crippen molar-refractivity contribution in [3.63, 3.8) is 0 Å². The fourth-order valence-corrected chi connectivity index (χ4v) is 1.82. The maximum Gasteiger partial charge on any atom is 0.261 e. The van der Waals surface area contributed by atoms with Gasteiger partial charge in [0.05, 0.1) is 5.56 Å². The highest BCUT2D eigenvalue weighted by Gasteiger charge is 2.13. The summed E-state index contributed by atoms with van der Waals surface area (Å²) >= 11 is 5.78. The number of nitrogens with zero attached hydrogens (tertiary/aromatic N) is 2. The van der Waals surface area contributed by atoms with Crippen molar-refractivity contribution in [1.29, 1.82) is 0 Å². The smallest absolute Gasteiger partial charge is 0.261 e. The Bertz CT molecular complexity index is 624. The van der Waals surface area contributed by atoms with E-state index in [2.05, 4.69) is 15.3 Å². The summed E-state index contributed by atoms with van der Waals surface area (Å²) in [6.45, 7) is 3.57. The molecule has 1 aromatic heterocycles. The van der Waals surface area contributed by atoms with Gasteiger partial charge in [-0.05, 0) is 32.0 Å². The van der Waals surface area contributed by atoms with Gasteiger partial charge in [0.25, 0.3) is 5.91 Å². The van der Waals surface area contributed by atoms with Crippen LogP contribution >= 0.6 is 11.6 Å². The topological polar surface area (TPSA) is 75.1 Å². The van der Waals surface area contributed by atoms with Crippen LogP contribution in [0.4, 0.5) is 5.95 Å². The van der Waals surface area contributed by atoms with Crippen LogP contribution in [0, 0.1) is 13.8 Å². The number of aromatic hydroxyl groups is 1. The molecule has 0 unspecified atom stereocenters. The first-order valence-corrected chi connectivity index (χ1v) is 5.95. The van der Waals surface area contributed by atoms with Crippen molar-refractivity contribution in [2.75, 3.05) is 5.32 Å². The monoisotopic (exact) mass is 277 g/mol. The van der Waals surface area contributed by atoms with Gasteiger partial charge in [0.15, 0.2) is 0 Å². The summed E-state index contributed by atoms with van der Waals surface area (Å²) in [5.74, 6) is -0.472. The first-order valence-electron chi connectivity index (χ1n) is 5.58. The molecule has 0 fully saturated rings. The molecule has 0 radical (unpaired) electrons. The minimum absolute atomic E-state index is 0.0955. The third kappa shape index (κ3) is 3.20. The van der Waals surface area contributed by atoms with E-state index in [9.17, 15) is 9.90 Å². The lowest BCUT2D eigenvalue weighted by Gasteiger charge is -2.07. The molecule has 2 aromatic rings. The lowest BCUT2D eigenvalue weighted by atomic mass is 10.1. The predicted molar refractivity (Wildman–Crippen MR) is 72.6 cm³/mol. The van der Waals surface area contributed by atoms with Gasteiger partial charge in [-0.25, -0.2) is 9.97 Å². The molecule has 5 nitrogen and oxygen atoms in total. The van der Waals surface area contributed by atoms with Crippen LogP contribution < -0.4 is 5.32 Å². The zero-order valence-electron chi connectivity index (χ0n) is 10.4. The molecule has 0 saturated heterocycles. The highest BCUT2D eigenvalue weighted by molar-refractivity contribution is 6.29. The normalized spacial score (nSPS) is 10.3. The Morgan fingerprint density at radius 2 is 2.00 bits per heavy atom. The first-order chi connectivity index (χ1) is 8.95. The molecule has 1 heterocycles. The van der Waals surface area contributed by atoms with Gasteiger partial charge in [0.1, 0.15) is 10.9 Å². The third-order valence-electron chi connectivity index (χ3n) is 2.44. The molecule has 1 aromatic carbocycles. The second-order valence-electron chi connectivity index (χ2n) is 4.13. The van der Waals surface area contributed by atoms with Crippen molar-refractivity contribution in [3.8, 4) is 5.75 Å². The number of halogens is 1. The Kier molecular flexibility index (Phi) is 3.66. The fraction of sp³-hybridized carbons (Fsp3) is 0.154. The highest BCUT2D eigenvalue weighted by atomic mass is 35.5. The van der Waals surface area contributed by atoms with E-state index >= 15 is 0 Å². The molecule has 0 atom stereocenters. The number of amides is 1. The summed E-state index contributed by atoms with van der Waals surface area (Å²) in [4.78, 5) is 20.0. The lowest BCUT2D eigenvalue weighted by molar-refractivity contribution is 0.102. The van der Waals surface area contributed by atoms with Crippen LogP contribution in [0.15, 0.2) is 24.3 Å². The minimum atomic E-state index is -0.483. The number of rotatable bonds is 2. The summed E-state index contributed by atoms with van der Waals surface area (Å²) in [6.07, 6.45) is 0. The van der Waals surface area contributed by atoms with E-state index in [0.29, 0.717) is 5.69 Å². The Hall–Kier alpha value is -2.14. The Balaban J connectivity index is 2.28. The van der Waals surface area contributed by atoms with Gasteiger partial charge in [-0.1, -0.05) is 23.2 Å². The van der Waals surface area contributed by atoms with E-state index in [1.807, 2.05) is 6.92 Å². The van der Waals surface area contributed by atoms with Gasteiger partial charge in [0.2, 0.25) is 5.95 Å². The molecular weight excluding hydrogens is 266 g/mol. The quantitative estimate of drug-likeness (QED) is 0.828. The Morgan fingerprint density at radius 3 is 2.68 bits per heavy atom. The maximum absolute atomic E-state index is 12.0. The average Bonchev–Trinajstić information content (AvgIpc) is 2.30. The minimum Gasteiger partial charge on any atom is -0.507 e. The second kappa shape index (κ2) is 5.24. The van der Waals surface area contributed by atoms with Crippen LogP contribution in [0.5, 0.6) is 5.75 Å². The highest BCUT2D eigenvalue weighted by Crippen LogP contribution is 2.19. The number of hydrogen-bond donors (Lipinski definition) is 2. The number of aryl methyl sites for hydroxylation is 2. The summed E-state index contributed by atoms with van der Waals surface area (Å²) in [5, 5.41) is 12.4. The van der Waals surface area contributed by atoms with Crippen LogP contribution in [0.2, 0.25) is 5.15 Å². The van der Waals surface area contributed by atoms with Gasteiger partial charge in [-0.3, -0.25) is 10.1 Å². The fourth-order valence-electron chi connectivity index (χ4n) is 1.59. The van der Waals surface area contributed by atoms with Crippen LogP contribution in [0.1, 0.15) is 21.6 Å². The van der Waals surface area contributed by atoms with Crippen molar-refractivity contribution in [2.45, 2.75) is 13.8 Å². The van der Waals surface area contributed by atoms with Crippen LogP contribution in [-0.4, -0.2) is 21.0 Å². The summed E-state index contributed by atoms with van der Waals surface area (Å²) in [6, 6.07) is 6.35. The molecule has 0 aliphatic rings. The van der Waals surface area contributed by atoms with Crippen LogP contribution in [0.3, 0.4) is 0 Å². The number of hydrogen-bond acceptors (Lipinski definition) is 4. The second-order valence-corrected chi connectivity index (χ2v) is 4.52. The maximum atomic E-state index is 12.0. The van der Waals surface area contributed by atoms with E-state index in [0.717, 1.165) is 5.56 Å². The van der Waals surface area contributed by atoms with E-state index in [4.69, 9.17) is 11.6 Å². The third-order valence-corrected chi connectivity index (χ3v) is 2.64. The van der Waals surface area contributed by atoms with Gasteiger partial charge >= 0.3 is 0 Å². The van der Waals surface area contributed by atoms with Crippen molar-refractivity contribution in [2.24, 2.45) is 0 Å². The first kappa shape index (κ1) is 13.3. The van der Waals surface area contributed by atoms with E-state index in [-0.39, 0.29) is 22.4 Å². The van der Waals surface area contributed by atoms with Crippen LogP contribution in [0.25, 0.3) is 0 Å². The van der Waals surface area contributed by atoms with E-state index in [1.165, 1.54) is 6.07 Å². The number of carbonyl (C=O) groups excluding carboxylic acids is 1. The molecule has 1 amide bonds. The zero-order valence-corrected chi connectivity index (χ0v) is 11.2. The molecule has 0 bridgehead atoms. The zero-order chi connectivity index (χ0) is 14.0. The van der Waals surface area contributed by atoms with Crippen molar-refractivity contribution >= 4 is 23.5 Å². The standard InChI is InChI=1S/C13H12ClN3O2/c1-7-3-4-10(18)9(5-7)12(19)17-13-15-8(2)6-11(14)16-13/h3-6,18H,1-2H3,(H,15,16,17,19). The molecule has 0 spiro atoms. The predicted octanol–water partition coefficient (Wildman–Crippen LogP) is 2.70. The molecular formula is C13H12ClN3O2. The summed E-state index contributed by atoms with van der Waals surface area (Å²) in [7, 11) is 0. The number of phenols is 1. The SMILES string of the molecule is Cc1ccc(O)c(C(=O)Nc2nc(C)cc(Cl)n2)c1. The van der Waals surface area contributed by atoms with E-state index < -0.39 is 5.91 Å². The van der Waals surface area contributed by atoms with Gasteiger partial charge < -0.3 is 5.11 Å². The molecule has 0 saturated carbocycles. The van der Waals surface area contributed by atoms with Gasteiger partial charge in [-0.15, -0.1) is 0 Å². The lowest BCUT2D eigenvalue weighted by Crippen LogP contribution is -2.15. The number of nitrogens with one attached hydrogen (secondary N) is 1. The average molecular weight is 278 g/mol. The number of aromatic nitrogens is 2. The molecule has 2 rings (SSSR count). The van der Waals surface area contributed by atoms with Crippen molar-refractivity contribution in [1.82, 2.24) is 9.97 Å². The van der Waals surface area contributed by atoms with Gasteiger partial charge in [-0.2, -0.15) is 0 Å². The molecule has 98 valence electrons. The number of carbonyl (C=O) groups is 1. The summed E-state index contributed by atoms with van der Waals surface area (Å²) < 4.78 is 0. The number of benzene rings is 1. The largest absolute Gasteiger partial charge is 0.507 e. The van der Waals surface area contributed by atoms with Gasteiger partial charge in [0, 0.05) is 5.69 Å². The Morgan fingerprint density at radius 1 is 1.26 bits per heavy atom. The van der Waals surface area contributed by atoms with E-state index in [1.54, 1.807) is 25.1 Å². The molecule has 0 aliphatic heterocycles. The van der Waals surface area contributed by atoms with Crippen molar-refractivity contribution in [3.05, 3.63) is 46.2 Å². The van der Waals surface area contributed by atoms with Crippen molar-refractivity contribution < 1.29 is 9.90 Å².